The number of hydrogen-bond acceptors (Lipinski definition) is 4. The zero-order chi connectivity index (χ0) is 18.9. The second-order valence-corrected chi connectivity index (χ2v) is 7.27. The van der Waals surface area contributed by atoms with Crippen molar-refractivity contribution in [2.24, 2.45) is 0 Å². The molecule has 0 radical (unpaired) electrons. The number of phenolic OH excluding ortho intramolecular Hbond substituents is 1. The van der Waals surface area contributed by atoms with Crippen molar-refractivity contribution in [3.05, 3.63) is 41.0 Å². The van der Waals surface area contributed by atoms with E-state index < -0.39 is 5.60 Å². The number of carbonyl (C=O) groups excluding carboxylic acids is 1. The van der Waals surface area contributed by atoms with E-state index in [1.807, 2.05) is 38.5 Å². The van der Waals surface area contributed by atoms with Crippen LogP contribution < -0.4 is 10.1 Å². The summed E-state index contributed by atoms with van der Waals surface area (Å²) in [4.78, 5) is 16.7. The average Bonchev–Trinajstić information content (AvgIpc) is 3.15. The Balaban J connectivity index is 1.67. The van der Waals surface area contributed by atoms with Gasteiger partial charge in [-0.25, -0.2) is 4.98 Å². The number of aryl methyl sites for hydroxylation is 1. The van der Waals surface area contributed by atoms with Gasteiger partial charge in [-0.2, -0.15) is 0 Å². The molecule has 1 atom stereocenters. The van der Waals surface area contributed by atoms with E-state index >= 15 is 0 Å². The normalized spacial score (nSPS) is 18.9. The van der Waals surface area contributed by atoms with Gasteiger partial charge in [0.15, 0.2) is 5.60 Å². The molecule has 2 heterocycles. The van der Waals surface area contributed by atoms with E-state index in [-0.39, 0.29) is 5.91 Å². The van der Waals surface area contributed by atoms with Gasteiger partial charge in [0.1, 0.15) is 11.5 Å². The fourth-order valence-corrected chi connectivity index (χ4v) is 3.48. The number of ether oxygens (including phenoxy) is 1. The number of aromatic nitrogens is 2. The minimum absolute atomic E-state index is 0.0865. The molecule has 6 heteroatoms. The number of carbonyl (C=O) groups is 1. The first-order valence-corrected chi connectivity index (χ1v) is 9.08. The summed E-state index contributed by atoms with van der Waals surface area (Å²) in [6.45, 7) is 8.97. The highest BCUT2D eigenvalue weighted by Crippen LogP contribution is 2.43. The Morgan fingerprint density at radius 1 is 1.35 bits per heavy atom. The van der Waals surface area contributed by atoms with E-state index in [2.05, 4.69) is 10.3 Å². The molecule has 140 valence electrons. The number of rotatable bonds is 5. The molecule has 6 nitrogen and oxygen atoms in total. The Kier molecular flexibility index (Phi) is 4.94. The maximum absolute atomic E-state index is 12.7. The third-order valence-corrected chi connectivity index (χ3v) is 5.44. The highest BCUT2D eigenvalue weighted by molar-refractivity contribution is 5.85. The fraction of sp³-hybridized carbons (Fsp3) is 0.500. The van der Waals surface area contributed by atoms with Gasteiger partial charge in [0.25, 0.3) is 5.91 Å². The molecular weight excluding hydrogens is 330 g/mol. The zero-order valence-electron chi connectivity index (χ0n) is 15.9. The van der Waals surface area contributed by atoms with Crippen LogP contribution >= 0.6 is 0 Å². The minimum Gasteiger partial charge on any atom is -0.507 e. The van der Waals surface area contributed by atoms with Gasteiger partial charge in [-0.1, -0.05) is 0 Å². The summed E-state index contributed by atoms with van der Waals surface area (Å²) >= 11 is 0. The van der Waals surface area contributed by atoms with Crippen LogP contribution in [0.4, 0.5) is 0 Å². The number of aromatic hydroxyl groups is 1. The van der Waals surface area contributed by atoms with E-state index in [9.17, 15) is 9.90 Å². The van der Waals surface area contributed by atoms with Gasteiger partial charge in [0, 0.05) is 37.5 Å². The summed E-state index contributed by atoms with van der Waals surface area (Å²) in [5, 5.41) is 13.3. The Labute approximate surface area is 154 Å². The maximum Gasteiger partial charge on any atom is 0.263 e. The highest BCUT2D eigenvalue weighted by Gasteiger charge is 2.40. The van der Waals surface area contributed by atoms with Crippen LogP contribution in [-0.2, 0) is 17.8 Å². The van der Waals surface area contributed by atoms with E-state index in [0.717, 1.165) is 47.4 Å². The number of phenols is 1. The second-order valence-electron chi connectivity index (χ2n) is 7.27. The minimum atomic E-state index is -0.886. The molecule has 1 aromatic carbocycles. The molecule has 1 aliphatic rings. The molecular formula is C20H27N3O3. The lowest BCUT2D eigenvalue weighted by Crippen LogP contribution is -2.51. The van der Waals surface area contributed by atoms with Crippen molar-refractivity contribution in [1.29, 1.82) is 0 Å². The summed E-state index contributed by atoms with van der Waals surface area (Å²) in [6, 6.07) is 0. The van der Waals surface area contributed by atoms with Crippen LogP contribution in [-0.4, -0.2) is 32.7 Å². The first-order chi connectivity index (χ1) is 12.3. The summed E-state index contributed by atoms with van der Waals surface area (Å²) in [5.74, 6) is 0.995. The predicted molar refractivity (Wildman–Crippen MR) is 99.5 cm³/mol. The van der Waals surface area contributed by atoms with E-state index in [0.29, 0.717) is 18.7 Å². The molecule has 0 saturated carbocycles. The van der Waals surface area contributed by atoms with Crippen LogP contribution in [0.5, 0.6) is 11.5 Å². The molecule has 0 saturated heterocycles. The Morgan fingerprint density at radius 2 is 2.12 bits per heavy atom. The number of amides is 1. The fourth-order valence-electron chi connectivity index (χ4n) is 3.48. The van der Waals surface area contributed by atoms with Crippen LogP contribution in [0.25, 0.3) is 0 Å². The van der Waals surface area contributed by atoms with Crippen LogP contribution in [0.3, 0.4) is 0 Å². The summed E-state index contributed by atoms with van der Waals surface area (Å²) in [5.41, 5.74) is 2.69. The number of nitrogens with one attached hydrogen (secondary N) is 1. The lowest BCUT2D eigenvalue weighted by molar-refractivity contribution is -0.136. The largest absolute Gasteiger partial charge is 0.507 e. The topological polar surface area (TPSA) is 76.4 Å². The van der Waals surface area contributed by atoms with Gasteiger partial charge in [-0.3, -0.25) is 4.79 Å². The molecule has 0 bridgehead atoms. The van der Waals surface area contributed by atoms with E-state index in [1.165, 1.54) is 0 Å². The Hall–Kier alpha value is -2.50. The lowest BCUT2D eigenvalue weighted by atomic mass is 9.86. The van der Waals surface area contributed by atoms with E-state index in [1.54, 1.807) is 12.5 Å². The molecule has 26 heavy (non-hydrogen) atoms. The van der Waals surface area contributed by atoms with Gasteiger partial charge in [0.05, 0.1) is 6.33 Å². The van der Waals surface area contributed by atoms with Crippen molar-refractivity contribution in [3.8, 4) is 11.5 Å². The maximum atomic E-state index is 12.7. The second kappa shape index (κ2) is 7.02. The number of nitrogens with zero attached hydrogens (tertiary/aromatic N) is 2. The van der Waals surface area contributed by atoms with Crippen molar-refractivity contribution in [2.75, 3.05) is 6.54 Å². The third kappa shape index (κ3) is 3.28. The zero-order valence-corrected chi connectivity index (χ0v) is 15.9. The first kappa shape index (κ1) is 18.3. The molecule has 2 aromatic rings. The van der Waals surface area contributed by atoms with Crippen molar-refractivity contribution < 1.29 is 14.6 Å². The number of benzene rings is 1. The highest BCUT2D eigenvalue weighted by atomic mass is 16.5. The van der Waals surface area contributed by atoms with Crippen molar-refractivity contribution in [2.45, 2.75) is 59.1 Å². The lowest BCUT2D eigenvalue weighted by Gasteiger charge is -2.36. The predicted octanol–water partition coefficient (Wildman–Crippen LogP) is 2.80. The summed E-state index contributed by atoms with van der Waals surface area (Å²) in [7, 11) is 0. The first-order valence-electron chi connectivity index (χ1n) is 9.08. The molecule has 1 aliphatic heterocycles. The third-order valence-electron chi connectivity index (χ3n) is 5.44. The van der Waals surface area contributed by atoms with Crippen LogP contribution in [0.1, 0.15) is 42.0 Å². The van der Waals surface area contributed by atoms with E-state index in [4.69, 9.17) is 4.74 Å². The molecule has 1 unspecified atom stereocenters. The van der Waals surface area contributed by atoms with Crippen molar-refractivity contribution in [1.82, 2.24) is 14.9 Å². The summed E-state index contributed by atoms with van der Waals surface area (Å²) in [6.07, 6.45) is 7.57. The molecule has 0 aliphatic carbocycles. The van der Waals surface area contributed by atoms with Gasteiger partial charge >= 0.3 is 0 Å². The number of imidazole rings is 1. The molecule has 3 rings (SSSR count). The quantitative estimate of drug-likeness (QED) is 0.807. The van der Waals surface area contributed by atoms with Crippen molar-refractivity contribution in [3.63, 3.8) is 0 Å². The van der Waals surface area contributed by atoms with Crippen molar-refractivity contribution >= 4 is 5.91 Å². The molecule has 2 N–H and O–H groups in total. The van der Waals surface area contributed by atoms with Gasteiger partial charge in [-0.05, 0) is 57.2 Å². The monoisotopic (exact) mass is 357 g/mol. The van der Waals surface area contributed by atoms with Crippen LogP contribution in [0.15, 0.2) is 18.7 Å². The van der Waals surface area contributed by atoms with Gasteiger partial charge in [-0.15, -0.1) is 0 Å². The Bertz CT molecular complexity index is 814. The number of hydrogen-bond donors (Lipinski definition) is 2. The Morgan fingerprint density at radius 3 is 2.81 bits per heavy atom. The smallest absolute Gasteiger partial charge is 0.263 e. The van der Waals surface area contributed by atoms with Gasteiger partial charge in [0.2, 0.25) is 0 Å². The SMILES string of the molecule is Cc1c(C)c2c(c(C)c1O)CCC(C)(C(=O)NCCCn1ccnc1)O2. The molecule has 0 fully saturated rings. The standard InChI is InChI=1S/C20H27N3O3/c1-13-14(2)18-16(15(3)17(13)24)6-7-20(4,26-18)19(25)22-8-5-10-23-11-9-21-12-23/h9,11-12,24H,5-8,10H2,1-4H3,(H,22,25). The van der Waals surface area contributed by atoms with Gasteiger partial charge < -0.3 is 19.7 Å². The molecule has 1 amide bonds. The number of fused-ring (bicyclic) bond motifs is 1. The van der Waals surface area contributed by atoms with Crippen LogP contribution in [0, 0.1) is 20.8 Å². The average molecular weight is 357 g/mol. The molecule has 0 spiro atoms. The van der Waals surface area contributed by atoms with Crippen LogP contribution in [0.2, 0.25) is 0 Å². The summed E-state index contributed by atoms with van der Waals surface area (Å²) < 4.78 is 8.18. The molecule has 1 aromatic heterocycles.